The van der Waals surface area contributed by atoms with Gasteiger partial charge in [0.05, 0.1) is 19.3 Å². The Labute approximate surface area is 184 Å². The van der Waals surface area contributed by atoms with E-state index in [1.165, 1.54) is 34.9 Å². The van der Waals surface area contributed by atoms with Gasteiger partial charge >= 0.3 is 0 Å². The Morgan fingerprint density at radius 1 is 1.36 bits per heavy atom. The van der Waals surface area contributed by atoms with Gasteiger partial charge in [-0.05, 0) is 56.2 Å². The van der Waals surface area contributed by atoms with E-state index in [-0.39, 0.29) is 24.0 Å². The fourth-order valence-corrected chi connectivity index (χ4v) is 3.07. The topological polar surface area (TPSA) is 81.7 Å². The molecule has 0 radical (unpaired) electrons. The molecule has 0 amide bonds. The molecule has 2 aromatic rings. The fourth-order valence-electron chi connectivity index (χ4n) is 3.07. The summed E-state index contributed by atoms with van der Waals surface area (Å²) >= 11 is 0. The molecule has 28 heavy (non-hydrogen) atoms. The first-order chi connectivity index (χ1) is 13.2. The van der Waals surface area contributed by atoms with Crippen LogP contribution in [0.1, 0.15) is 30.9 Å². The third-order valence-corrected chi connectivity index (χ3v) is 4.77. The quantitative estimate of drug-likeness (QED) is 0.230. The van der Waals surface area contributed by atoms with Crippen molar-refractivity contribution in [3.63, 3.8) is 0 Å². The Morgan fingerprint density at radius 3 is 2.93 bits per heavy atom. The molecule has 6 nitrogen and oxygen atoms in total. The van der Waals surface area contributed by atoms with Gasteiger partial charge in [-0.1, -0.05) is 12.1 Å². The largest absolute Gasteiger partial charge is 0.389 e. The zero-order valence-corrected chi connectivity index (χ0v) is 19.2. The van der Waals surface area contributed by atoms with Gasteiger partial charge in [-0.3, -0.25) is 4.99 Å². The molecule has 0 bridgehead atoms. The van der Waals surface area contributed by atoms with Crippen LogP contribution in [-0.2, 0) is 11.2 Å². The van der Waals surface area contributed by atoms with E-state index < -0.39 is 6.10 Å². The van der Waals surface area contributed by atoms with E-state index in [9.17, 15) is 5.11 Å². The molecule has 0 spiro atoms. The molecule has 1 heterocycles. The summed E-state index contributed by atoms with van der Waals surface area (Å²) in [7, 11) is 0. The third kappa shape index (κ3) is 7.25. The van der Waals surface area contributed by atoms with Gasteiger partial charge in [0.1, 0.15) is 0 Å². The van der Waals surface area contributed by atoms with Gasteiger partial charge in [-0.25, -0.2) is 0 Å². The van der Waals surface area contributed by atoms with Crippen molar-refractivity contribution in [1.29, 1.82) is 0 Å². The van der Waals surface area contributed by atoms with Crippen LogP contribution in [0.15, 0.2) is 29.4 Å². The van der Waals surface area contributed by atoms with Gasteiger partial charge < -0.3 is 25.5 Å². The van der Waals surface area contributed by atoms with Gasteiger partial charge in [0.15, 0.2) is 5.96 Å². The van der Waals surface area contributed by atoms with E-state index in [4.69, 9.17) is 4.74 Å². The molecule has 0 saturated heterocycles. The van der Waals surface area contributed by atoms with Crippen molar-refractivity contribution in [2.45, 2.75) is 39.2 Å². The number of benzene rings is 1. The number of nitrogens with one attached hydrogen (secondary N) is 3. The monoisotopic (exact) mass is 500 g/mol. The molecule has 156 valence electrons. The summed E-state index contributed by atoms with van der Waals surface area (Å²) in [6.07, 6.45) is 4.95. The molecule has 1 aliphatic carbocycles. The van der Waals surface area contributed by atoms with Gasteiger partial charge in [-0.15, -0.1) is 24.0 Å². The predicted molar refractivity (Wildman–Crippen MR) is 126 cm³/mol. The molecule has 1 aliphatic rings. The molecular weight excluding hydrogens is 467 g/mol. The van der Waals surface area contributed by atoms with Crippen molar-refractivity contribution < 1.29 is 9.84 Å². The second kappa shape index (κ2) is 11.6. The zero-order chi connectivity index (χ0) is 19.1. The average molecular weight is 500 g/mol. The molecule has 1 saturated carbocycles. The Hall–Kier alpha value is -1.32. The summed E-state index contributed by atoms with van der Waals surface area (Å²) in [5, 5.41) is 17.9. The summed E-state index contributed by atoms with van der Waals surface area (Å²) < 4.78 is 5.53. The fraction of sp³-hybridized carbons (Fsp3) is 0.571. The maximum absolute atomic E-state index is 10.0. The average Bonchev–Trinajstić information content (AvgIpc) is 3.39. The first-order valence-corrected chi connectivity index (χ1v) is 10.00. The summed E-state index contributed by atoms with van der Waals surface area (Å²) in [5.41, 5.74) is 3.73. The standard InChI is InChI=1S/C21H32N4O2.HI/c1-3-22-21(25-12-18(26)14-27-13-16-5-6-16)23-9-8-17-11-24-20-10-15(2)4-7-19(17)20;/h4,7,10-11,16,18,24,26H,3,5-6,8-9,12-14H2,1-2H3,(H2,22,23,25);1H. The molecule has 0 aliphatic heterocycles. The molecule has 1 aromatic carbocycles. The number of H-pyrrole nitrogens is 1. The smallest absolute Gasteiger partial charge is 0.191 e. The van der Waals surface area contributed by atoms with E-state index >= 15 is 0 Å². The van der Waals surface area contributed by atoms with Crippen LogP contribution in [0, 0.1) is 12.8 Å². The summed E-state index contributed by atoms with van der Waals surface area (Å²) in [4.78, 5) is 7.82. The Kier molecular flexibility index (Phi) is 9.53. The van der Waals surface area contributed by atoms with Crippen LogP contribution in [0.4, 0.5) is 0 Å². The molecule has 4 N–H and O–H groups in total. The highest BCUT2D eigenvalue weighted by Gasteiger charge is 2.21. The lowest BCUT2D eigenvalue weighted by molar-refractivity contribution is 0.0368. The number of nitrogens with zero attached hydrogens (tertiary/aromatic N) is 1. The number of aromatic amines is 1. The first kappa shape index (κ1) is 23.0. The molecule has 1 fully saturated rings. The summed E-state index contributed by atoms with van der Waals surface area (Å²) in [6.45, 7) is 7.16. The van der Waals surface area contributed by atoms with Crippen molar-refractivity contribution in [3.05, 3.63) is 35.5 Å². The van der Waals surface area contributed by atoms with Crippen LogP contribution in [0.5, 0.6) is 0 Å². The zero-order valence-electron chi connectivity index (χ0n) is 16.8. The molecule has 3 rings (SSSR count). The Morgan fingerprint density at radius 2 is 2.18 bits per heavy atom. The van der Waals surface area contributed by atoms with E-state index in [1.54, 1.807) is 0 Å². The van der Waals surface area contributed by atoms with Gasteiger partial charge in [0, 0.05) is 36.8 Å². The van der Waals surface area contributed by atoms with Crippen LogP contribution in [0.2, 0.25) is 0 Å². The van der Waals surface area contributed by atoms with E-state index in [2.05, 4.69) is 51.9 Å². The lowest BCUT2D eigenvalue weighted by atomic mass is 10.1. The molecule has 1 atom stereocenters. The SMILES string of the molecule is CCNC(=NCC(O)COCC1CC1)NCCc1c[nH]c2cc(C)ccc12.I. The number of aromatic nitrogens is 1. The lowest BCUT2D eigenvalue weighted by Gasteiger charge is -2.13. The minimum absolute atomic E-state index is 0. The van der Waals surface area contributed by atoms with Crippen molar-refractivity contribution in [2.24, 2.45) is 10.9 Å². The number of aliphatic hydroxyl groups is 1. The van der Waals surface area contributed by atoms with E-state index in [0.717, 1.165) is 32.1 Å². The van der Waals surface area contributed by atoms with Crippen molar-refractivity contribution in [2.75, 3.05) is 32.8 Å². The first-order valence-electron chi connectivity index (χ1n) is 10.00. The maximum atomic E-state index is 10.0. The van der Waals surface area contributed by atoms with Crippen LogP contribution < -0.4 is 10.6 Å². The normalized spacial score (nSPS) is 15.3. The molecule has 7 heteroatoms. The Bertz CT molecular complexity index is 758. The number of guanidine groups is 1. The number of aryl methyl sites for hydroxylation is 1. The highest BCUT2D eigenvalue weighted by molar-refractivity contribution is 14.0. The van der Waals surface area contributed by atoms with Crippen LogP contribution in [0.25, 0.3) is 10.9 Å². The minimum Gasteiger partial charge on any atom is -0.389 e. The molecule has 1 aromatic heterocycles. The molecule has 1 unspecified atom stereocenters. The number of aliphatic imine (C=N–C) groups is 1. The number of rotatable bonds is 10. The van der Waals surface area contributed by atoms with Gasteiger partial charge in [0.2, 0.25) is 0 Å². The minimum atomic E-state index is -0.559. The Balaban J connectivity index is 0.00000280. The van der Waals surface area contributed by atoms with Crippen LogP contribution >= 0.6 is 24.0 Å². The van der Waals surface area contributed by atoms with Crippen molar-refractivity contribution in [3.8, 4) is 0 Å². The third-order valence-electron chi connectivity index (χ3n) is 4.77. The highest BCUT2D eigenvalue weighted by atomic mass is 127. The van der Waals surface area contributed by atoms with Crippen LogP contribution in [-0.4, -0.2) is 55.0 Å². The number of aliphatic hydroxyl groups excluding tert-OH is 1. The number of fused-ring (bicyclic) bond motifs is 1. The number of halogens is 1. The molecular formula is C21H33IN4O2. The maximum Gasteiger partial charge on any atom is 0.191 e. The number of hydrogen-bond acceptors (Lipinski definition) is 3. The van der Waals surface area contributed by atoms with Gasteiger partial charge in [-0.2, -0.15) is 0 Å². The van der Waals surface area contributed by atoms with Crippen molar-refractivity contribution in [1.82, 2.24) is 15.6 Å². The second-order valence-corrected chi connectivity index (χ2v) is 7.39. The van der Waals surface area contributed by atoms with Crippen molar-refractivity contribution >= 4 is 40.8 Å². The summed E-state index contributed by atoms with van der Waals surface area (Å²) in [5.74, 6) is 1.45. The number of hydrogen-bond donors (Lipinski definition) is 4. The summed E-state index contributed by atoms with van der Waals surface area (Å²) in [6, 6.07) is 6.49. The number of ether oxygens (including phenoxy) is 1. The predicted octanol–water partition coefficient (Wildman–Crippen LogP) is 2.98. The highest BCUT2D eigenvalue weighted by Crippen LogP contribution is 2.28. The lowest BCUT2D eigenvalue weighted by Crippen LogP contribution is -2.39. The van der Waals surface area contributed by atoms with Crippen LogP contribution in [0.3, 0.4) is 0 Å². The van der Waals surface area contributed by atoms with E-state index in [0.29, 0.717) is 19.1 Å². The second-order valence-electron chi connectivity index (χ2n) is 7.39. The van der Waals surface area contributed by atoms with Gasteiger partial charge in [0.25, 0.3) is 0 Å². The van der Waals surface area contributed by atoms with E-state index in [1.807, 2.05) is 6.92 Å².